The average Bonchev–Trinajstić information content (AvgIpc) is 3.07. The summed E-state index contributed by atoms with van der Waals surface area (Å²) in [5.41, 5.74) is 0.0261. The normalized spacial score (nSPS) is 14.0. The summed E-state index contributed by atoms with van der Waals surface area (Å²) in [6.07, 6.45) is -3.57. The minimum atomic E-state index is -4.62. The first-order valence-corrected chi connectivity index (χ1v) is 15.3. The van der Waals surface area contributed by atoms with Crippen LogP contribution in [0.25, 0.3) is 11.4 Å². The third-order valence-corrected chi connectivity index (χ3v) is 8.21. The van der Waals surface area contributed by atoms with E-state index in [0.717, 1.165) is 17.8 Å². The minimum absolute atomic E-state index is 0.0662. The number of carboxylic acids is 1. The van der Waals surface area contributed by atoms with Crippen LogP contribution in [0.2, 0.25) is 0 Å². The Morgan fingerprint density at radius 3 is 2.30 bits per heavy atom. The van der Waals surface area contributed by atoms with Crippen LogP contribution in [0.15, 0.2) is 72.9 Å². The van der Waals surface area contributed by atoms with E-state index in [1.807, 2.05) is 30.3 Å². The lowest BCUT2D eigenvalue weighted by Crippen LogP contribution is -2.47. The summed E-state index contributed by atoms with van der Waals surface area (Å²) in [7, 11) is 0. The molecule has 2 N–H and O–H groups in total. The molecule has 2 aromatic carbocycles. The SMILES string of the molecule is O=C(N[C@@H](CSCc1ccccc1)C(=O)O)c1cc(N2CCN(c3nccc(C(F)(F)F)n3)CC2)nc(-c2ccc([N+](=O)[O-])cc2)n1. The number of hydrogen-bond acceptors (Lipinski definition) is 11. The Labute approximate surface area is 270 Å². The number of nitro benzene ring substituents is 1. The number of piperazine rings is 1. The van der Waals surface area contributed by atoms with Crippen LogP contribution in [-0.4, -0.2) is 79.8 Å². The van der Waals surface area contributed by atoms with Gasteiger partial charge in [0.15, 0.2) is 5.82 Å². The number of rotatable bonds is 11. The fourth-order valence-corrected chi connectivity index (χ4v) is 5.65. The maximum atomic E-state index is 13.4. The molecule has 1 aliphatic heterocycles. The molecule has 1 atom stereocenters. The Bertz CT molecular complexity index is 1740. The number of halogens is 3. The standard InChI is InChI=1S/C30H27F3N8O5S/c31-30(32,33)24-10-11-34-29(37-24)40-14-12-39(13-15-40)25-16-22(35-26(38-25)20-6-8-21(9-7-20)41(45)46)27(42)36-23(28(43)44)18-47-17-19-4-2-1-3-5-19/h1-11,16,23H,12-15,17-18H2,(H,36,42)(H,43,44)/t23-/m0/s1. The molecule has 17 heteroatoms. The molecule has 47 heavy (non-hydrogen) atoms. The molecule has 0 saturated carbocycles. The molecule has 1 aliphatic rings. The number of aliphatic carboxylic acids is 1. The zero-order chi connectivity index (χ0) is 33.6. The van der Waals surface area contributed by atoms with Crippen molar-refractivity contribution in [3.05, 3.63) is 100.0 Å². The van der Waals surface area contributed by atoms with Crippen LogP contribution in [0.4, 0.5) is 30.6 Å². The predicted octanol–water partition coefficient (Wildman–Crippen LogP) is 4.30. The highest BCUT2D eigenvalue weighted by Gasteiger charge is 2.34. The number of aromatic nitrogens is 4. The number of nitro groups is 1. The van der Waals surface area contributed by atoms with Crippen molar-refractivity contribution < 1.29 is 32.8 Å². The Balaban J connectivity index is 1.36. The molecule has 0 aliphatic carbocycles. The number of anilines is 2. The number of benzene rings is 2. The Kier molecular flexibility index (Phi) is 10.1. The van der Waals surface area contributed by atoms with Gasteiger partial charge in [-0.2, -0.15) is 24.9 Å². The molecule has 1 amide bonds. The fraction of sp³-hybridized carbons (Fsp3) is 0.267. The maximum Gasteiger partial charge on any atom is 0.433 e. The number of thioether (sulfide) groups is 1. The summed E-state index contributed by atoms with van der Waals surface area (Å²) in [6, 6.07) is 15.8. The number of alkyl halides is 3. The van der Waals surface area contributed by atoms with Crippen LogP contribution in [0, 0.1) is 10.1 Å². The van der Waals surface area contributed by atoms with Crippen molar-refractivity contribution in [1.29, 1.82) is 0 Å². The molecule has 244 valence electrons. The van der Waals surface area contributed by atoms with Crippen LogP contribution in [0.1, 0.15) is 21.7 Å². The summed E-state index contributed by atoms with van der Waals surface area (Å²) in [4.78, 5) is 56.0. The van der Waals surface area contributed by atoms with Gasteiger partial charge < -0.3 is 20.2 Å². The van der Waals surface area contributed by atoms with E-state index in [4.69, 9.17) is 0 Å². The first-order chi connectivity index (χ1) is 22.5. The van der Waals surface area contributed by atoms with Crippen molar-refractivity contribution >= 4 is 41.1 Å². The molecular formula is C30H27F3N8O5S. The van der Waals surface area contributed by atoms with Crippen molar-refractivity contribution in [2.75, 3.05) is 41.7 Å². The van der Waals surface area contributed by atoms with Gasteiger partial charge in [0.05, 0.1) is 4.92 Å². The summed E-state index contributed by atoms with van der Waals surface area (Å²) < 4.78 is 39.6. The average molecular weight is 669 g/mol. The van der Waals surface area contributed by atoms with Crippen LogP contribution in [0.3, 0.4) is 0 Å². The van der Waals surface area contributed by atoms with E-state index in [-0.39, 0.29) is 55.1 Å². The van der Waals surface area contributed by atoms with Crippen molar-refractivity contribution in [3.63, 3.8) is 0 Å². The van der Waals surface area contributed by atoms with Gasteiger partial charge in [0.25, 0.3) is 11.6 Å². The molecule has 0 unspecified atom stereocenters. The number of carbonyl (C=O) groups excluding carboxylic acids is 1. The Morgan fingerprint density at radius 2 is 1.66 bits per heavy atom. The van der Waals surface area contributed by atoms with E-state index >= 15 is 0 Å². The number of hydrogen-bond donors (Lipinski definition) is 2. The second kappa shape index (κ2) is 14.4. The number of amides is 1. The third kappa shape index (κ3) is 8.49. The van der Waals surface area contributed by atoms with E-state index in [9.17, 15) is 38.0 Å². The van der Waals surface area contributed by atoms with Gasteiger partial charge in [-0.1, -0.05) is 30.3 Å². The lowest BCUT2D eigenvalue weighted by atomic mass is 10.2. The summed E-state index contributed by atoms with van der Waals surface area (Å²) in [5.74, 6) is -1.07. The number of carboxylic acid groups (broad SMARTS) is 1. The number of non-ortho nitro benzene ring substituents is 1. The molecule has 3 heterocycles. The van der Waals surface area contributed by atoms with E-state index in [2.05, 4.69) is 25.3 Å². The van der Waals surface area contributed by atoms with Gasteiger partial charge in [-0.05, 0) is 23.8 Å². The van der Waals surface area contributed by atoms with Crippen molar-refractivity contribution in [3.8, 4) is 11.4 Å². The molecular weight excluding hydrogens is 641 g/mol. The van der Waals surface area contributed by atoms with Gasteiger partial charge in [0.1, 0.15) is 23.2 Å². The molecule has 0 radical (unpaired) electrons. The highest BCUT2D eigenvalue weighted by Crippen LogP contribution is 2.29. The van der Waals surface area contributed by atoms with Crippen molar-refractivity contribution in [1.82, 2.24) is 25.3 Å². The maximum absolute atomic E-state index is 13.4. The molecule has 1 fully saturated rings. The van der Waals surface area contributed by atoms with Gasteiger partial charge in [0.2, 0.25) is 5.95 Å². The first kappa shape index (κ1) is 33.1. The minimum Gasteiger partial charge on any atom is -0.480 e. The summed E-state index contributed by atoms with van der Waals surface area (Å²) in [5, 5.41) is 23.5. The summed E-state index contributed by atoms with van der Waals surface area (Å²) in [6.45, 7) is 1.01. The second-order valence-corrected chi connectivity index (χ2v) is 11.3. The quantitative estimate of drug-likeness (QED) is 0.172. The van der Waals surface area contributed by atoms with Crippen LogP contribution in [-0.2, 0) is 16.7 Å². The van der Waals surface area contributed by atoms with E-state index in [1.54, 1.807) is 9.80 Å². The number of carbonyl (C=O) groups is 2. The lowest BCUT2D eigenvalue weighted by Gasteiger charge is -2.35. The highest BCUT2D eigenvalue weighted by atomic mass is 32.2. The van der Waals surface area contributed by atoms with E-state index < -0.39 is 34.7 Å². The van der Waals surface area contributed by atoms with Gasteiger partial charge in [0, 0.05) is 67.6 Å². The zero-order valence-corrected chi connectivity index (χ0v) is 25.3. The summed E-state index contributed by atoms with van der Waals surface area (Å²) >= 11 is 1.34. The van der Waals surface area contributed by atoms with Crippen LogP contribution in [0.5, 0.6) is 0 Å². The molecule has 2 aromatic heterocycles. The second-order valence-electron chi connectivity index (χ2n) is 10.3. The zero-order valence-electron chi connectivity index (χ0n) is 24.5. The van der Waals surface area contributed by atoms with Gasteiger partial charge in [-0.3, -0.25) is 14.9 Å². The Hall–Kier alpha value is -5.32. The van der Waals surface area contributed by atoms with E-state index in [1.165, 1.54) is 42.1 Å². The first-order valence-electron chi connectivity index (χ1n) is 14.2. The topological polar surface area (TPSA) is 168 Å². The van der Waals surface area contributed by atoms with Gasteiger partial charge >= 0.3 is 12.1 Å². The number of nitrogens with zero attached hydrogens (tertiary/aromatic N) is 7. The molecule has 1 saturated heterocycles. The number of nitrogens with one attached hydrogen (secondary N) is 1. The van der Waals surface area contributed by atoms with Gasteiger partial charge in [-0.25, -0.2) is 24.7 Å². The molecule has 0 spiro atoms. The van der Waals surface area contributed by atoms with Crippen molar-refractivity contribution in [2.24, 2.45) is 0 Å². The fourth-order valence-electron chi connectivity index (χ4n) is 4.64. The lowest BCUT2D eigenvalue weighted by molar-refractivity contribution is -0.384. The predicted molar refractivity (Wildman–Crippen MR) is 167 cm³/mol. The molecule has 13 nitrogen and oxygen atoms in total. The van der Waals surface area contributed by atoms with Crippen molar-refractivity contribution in [2.45, 2.75) is 18.0 Å². The molecule has 4 aromatic rings. The smallest absolute Gasteiger partial charge is 0.433 e. The highest BCUT2D eigenvalue weighted by molar-refractivity contribution is 7.98. The van der Waals surface area contributed by atoms with Gasteiger partial charge in [-0.15, -0.1) is 0 Å². The monoisotopic (exact) mass is 668 g/mol. The largest absolute Gasteiger partial charge is 0.480 e. The molecule has 5 rings (SSSR count). The molecule has 0 bridgehead atoms. The van der Waals surface area contributed by atoms with Crippen LogP contribution < -0.4 is 15.1 Å². The Morgan fingerprint density at radius 1 is 0.979 bits per heavy atom. The third-order valence-electron chi connectivity index (χ3n) is 7.10. The van der Waals surface area contributed by atoms with Crippen LogP contribution >= 0.6 is 11.8 Å². The van der Waals surface area contributed by atoms with E-state index in [0.29, 0.717) is 17.1 Å².